The summed E-state index contributed by atoms with van der Waals surface area (Å²) >= 11 is 0. The van der Waals surface area contributed by atoms with Gasteiger partial charge in [0.2, 0.25) is 0 Å². The van der Waals surface area contributed by atoms with Crippen LogP contribution in [0.1, 0.15) is 25.3 Å². The molecule has 1 aromatic carbocycles. The average Bonchev–Trinajstić information content (AvgIpc) is 2.58. The molecule has 1 N–H and O–H groups in total. The topological polar surface area (TPSA) is 17.0 Å². The number of benzene rings is 1. The number of hydrogen-bond acceptors (Lipinski definition) is 1. The Kier molecular flexibility index (Phi) is 2.85. The van der Waals surface area contributed by atoms with Gasteiger partial charge in [-0.3, -0.25) is 0 Å². The predicted octanol–water partition coefficient (Wildman–Crippen LogP) is 3.10. The lowest BCUT2D eigenvalue weighted by Crippen LogP contribution is -2.15. The molecule has 0 aliphatic carbocycles. The van der Waals surface area contributed by atoms with Crippen molar-refractivity contribution < 1.29 is 4.39 Å². The average molecular weight is 232 g/mol. The molecular formula is C14H17FN2. The first-order valence-corrected chi connectivity index (χ1v) is 6.31. The first-order chi connectivity index (χ1) is 8.34. The second-order valence-electron chi connectivity index (χ2n) is 4.76. The standard InChI is InChI=1S/C14H17FN2/c15-12-4-3-11-6-9-17(14(11)10-12)13-2-1-7-16-8-5-13/h3-4,6,9-10,13,16H,1-2,5,7-8H2. The van der Waals surface area contributed by atoms with Gasteiger partial charge in [0.1, 0.15) is 5.82 Å². The number of aromatic nitrogens is 1. The summed E-state index contributed by atoms with van der Waals surface area (Å²) in [6.07, 6.45) is 5.59. The summed E-state index contributed by atoms with van der Waals surface area (Å²) in [7, 11) is 0. The maximum absolute atomic E-state index is 13.3. The second-order valence-corrected chi connectivity index (χ2v) is 4.76. The Balaban J connectivity index is 2.00. The van der Waals surface area contributed by atoms with Crippen LogP contribution in [0, 0.1) is 5.82 Å². The van der Waals surface area contributed by atoms with Crippen LogP contribution in [0.5, 0.6) is 0 Å². The van der Waals surface area contributed by atoms with Crippen LogP contribution in [0.25, 0.3) is 10.9 Å². The van der Waals surface area contributed by atoms with Crippen molar-refractivity contribution in [2.45, 2.75) is 25.3 Å². The van der Waals surface area contributed by atoms with Gasteiger partial charge in [0.25, 0.3) is 0 Å². The monoisotopic (exact) mass is 232 g/mol. The van der Waals surface area contributed by atoms with E-state index in [9.17, 15) is 4.39 Å². The molecule has 1 aliphatic heterocycles. The summed E-state index contributed by atoms with van der Waals surface area (Å²) in [5, 5.41) is 4.54. The summed E-state index contributed by atoms with van der Waals surface area (Å²) in [4.78, 5) is 0. The number of nitrogens with one attached hydrogen (secondary N) is 1. The SMILES string of the molecule is Fc1ccc2ccn(C3CCCNCC3)c2c1. The van der Waals surface area contributed by atoms with Crippen molar-refractivity contribution in [2.24, 2.45) is 0 Å². The number of fused-ring (bicyclic) bond motifs is 1. The number of halogens is 1. The third-order valence-corrected chi connectivity index (χ3v) is 3.62. The molecule has 2 heterocycles. The fourth-order valence-corrected chi connectivity index (χ4v) is 2.72. The van der Waals surface area contributed by atoms with Gasteiger partial charge in [0.05, 0.1) is 5.52 Å². The van der Waals surface area contributed by atoms with Crippen molar-refractivity contribution >= 4 is 10.9 Å². The van der Waals surface area contributed by atoms with Crippen molar-refractivity contribution in [1.29, 1.82) is 0 Å². The first-order valence-electron chi connectivity index (χ1n) is 6.31. The van der Waals surface area contributed by atoms with Gasteiger partial charge in [-0.15, -0.1) is 0 Å². The highest BCUT2D eigenvalue weighted by Crippen LogP contribution is 2.26. The zero-order chi connectivity index (χ0) is 11.7. The van der Waals surface area contributed by atoms with Gasteiger partial charge in [0.15, 0.2) is 0 Å². The molecule has 0 saturated carbocycles. The molecular weight excluding hydrogens is 215 g/mol. The van der Waals surface area contributed by atoms with Crippen LogP contribution in [0.2, 0.25) is 0 Å². The maximum atomic E-state index is 13.3. The van der Waals surface area contributed by atoms with Gasteiger partial charge in [-0.1, -0.05) is 0 Å². The Bertz CT molecular complexity index is 510. The fraction of sp³-hybridized carbons (Fsp3) is 0.429. The Morgan fingerprint density at radius 3 is 3.06 bits per heavy atom. The Labute approximate surface area is 100 Å². The highest BCUT2D eigenvalue weighted by atomic mass is 19.1. The van der Waals surface area contributed by atoms with E-state index in [2.05, 4.69) is 22.1 Å². The molecule has 0 amide bonds. The van der Waals surface area contributed by atoms with E-state index >= 15 is 0 Å². The van der Waals surface area contributed by atoms with Crippen LogP contribution in [0.15, 0.2) is 30.5 Å². The molecule has 17 heavy (non-hydrogen) atoms. The quantitative estimate of drug-likeness (QED) is 0.799. The highest BCUT2D eigenvalue weighted by Gasteiger charge is 2.15. The maximum Gasteiger partial charge on any atom is 0.125 e. The molecule has 3 heteroatoms. The third-order valence-electron chi connectivity index (χ3n) is 3.62. The summed E-state index contributed by atoms with van der Waals surface area (Å²) in [6.45, 7) is 2.16. The summed E-state index contributed by atoms with van der Waals surface area (Å²) in [5.74, 6) is -0.149. The van der Waals surface area contributed by atoms with E-state index in [1.54, 1.807) is 6.07 Å². The van der Waals surface area contributed by atoms with Crippen molar-refractivity contribution in [1.82, 2.24) is 9.88 Å². The van der Waals surface area contributed by atoms with E-state index < -0.39 is 0 Å². The Hall–Kier alpha value is -1.35. The Morgan fingerprint density at radius 1 is 1.18 bits per heavy atom. The summed E-state index contributed by atoms with van der Waals surface area (Å²) < 4.78 is 15.6. The minimum absolute atomic E-state index is 0.149. The van der Waals surface area contributed by atoms with Gasteiger partial charge < -0.3 is 9.88 Å². The third kappa shape index (κ3) is 2.07. The van der Waals surface area contributed by atoms with Crippen molar-refractivity contribution in [3.8, 4) is 0 Å². The van der Waals surface area contributed by atoms with Gasteiger partial charge in [0, 0.05) is 12.2 Å². The van der Waals surface area contributed by atoms with Gasteiger partial charge >= 0.3 is 0 Å². The molecule has 1 unspecified atom stereocenters. The molecule has 2 aromatic rings. The van der Waals surface area contributed by atoms with Crippen LogP contribution < -0.4 is 5.32 Å². The van der Waals surface area contributed by atoms with E-state index in [4.69, 9.17) is 0 Å². The molecule has 0 bridgehead atoms. The molecule has 1 saturated heterocycles. The second kappa shape index (κ2) is 4.49. The molecule has 2 nitrogen and oxygen atoms in total. The van der Waals surface area contributed by atoms with Crippen LogP contribution in [0.3, 0.4) is 0 Å². The molecule has 1 atom stereocenters. The molecule has 1 aromatic heterocycles. The number of rotatable bonds is 1. The molecule has 90 valence electrons. The normalized spacial score (nSPS) is 21.6. The Morgan fingerprint density at radius 2 is 2.12 bits per heavy atom. The van der Waals surface area contributed by atoms with Gasteiger partial charge in [-0.05, 0) is 62.0 Å². The lowest BCUT2D eigenvalue weighted by atomic mass is 10.1. The summed E-state index contributed by atoms with van der Waals surface area (Å²) in [6, 6.07) is 7.61. The van der Waals surface area contributed by atoms with Gasteiger partial charge in [-0.2, -0.15) is 0 Å². The van der Waals surface area contributed by atoms with Crippen molar-refractivity contribution in [3.05, 3.63) is 36.3 Å². The minimum atomic E-state index is -0.149. The van der Waals surface area contributed by atoms with Crippen molar-refractivity contribution in [3.63, 3.8) is 0 Å². The predicted molar refractivity (Wildman–Crippen MR) is 67.7 cm³/mol. The summed E-state index contributed by atoms with van der Waals surface area (Å²) in [5.41, 5.74) is 1.02. The van der Waals surface area contributed by atoms with E-state index in [0.717, 1.165) is 30.4 Å². The number of nitrogens with zero attached hydrogens (tertiary/aromatic N) is 1. The lowest BCUT2D eigenvalue weighted by Gasteiger charge is -2.17. The molecule has 0 radical (unpaired) electrons. The minimum Gasteiger partial charge on any atom is -0.344 e. The fourth-order valence-electron chi connectivity index (χ4n) is 2.72. The van der Waals surface area contributed by atoms with E-state index in [-0.39, 0.29) is 5.82 Å². The molecule has 3 rings (SSSR count). The van der Waals surface area contributed by atoms with Crippen LogP contribution >= 0.6 is 0 Å². The lowest BCUT2D eigenvalue weighted by molar-refractivity contribution is 0.466. The molecule has 1 fully saturated rings. The van der Waals surface area contributed by atoms with E-state index in [1.807, 2.05) is 6.07 Å². The van der Waals surface area contributed by atoms with E-state index in [1.165, 1.54) is 18.9 Å². The highest BCUT2D eigenvalue weighted by molar-refractivity contribution is 5.80. The molecule has 0 spiro atoms. The zero-order valence-corrected chi connectivity index (χ0v) is 9.82. The van der Waals surface area contributed by atoms with Crippen molar-refractivity contribution in [2.75, 3.05) is 13.1 Å². The van der Waals surface area contributed by atoms with E-state index in [0.29, 0.717) is 6.04 Å². The van der Waals surface area contributed by atoms with Gasteiger partial charge in [-0.25, -0.2) is 4.39 Å². The van der Waals surface area contributed by atoms with Crippen LogP contribution in [0.4, 0.5) is 4.39 Å². The molecule has 1 aliphatic rings. The smallest absolute Gasteiger partial charge is 0.125 e. The zero-order valence-electron chi connectivity index (χ0n) is 9.82. The van der Waals surface area contributed by atoms with Crippen LogP contribution in [-0.4, -0.2) is 17.7 Å². The number of hydrogen-bond donors (Lipinski definition) is 1. The first kappa shape index (κ1) is 10.8. The van der Waals surface area contributed by atoms with Crippen LogP contribution in [-0.2, 0) is 0 Å². The largest absolute Gasteiger partial charge is 0.344 e.